The van der Waals surface area contributed by atoms with Crippen molar-refractivity contribution in [2.75, 3.05) is 10.6 Å². The molecule has 2 aromatic carbocycles. The summed E-state index contributed by atoms with van der Waals surface area (Å²) in [5, 5.41) is 16.2. The molecule has 0 atom stereocenters. The van der Waals surface area contributed by atoms with Crippen molar-refractivity contribution < 1.29 is 9.68 Å². The molecule has 1 aromatic heterocycles. The molecule has 0 saturated heterocycles. The van der Waals surface area contributed by atoms with Crippen molar-refractivity contribution in [2.24, 2.45) is 0 Å². The van der Waals surface area contributed by atoms with E-state index >= 15 is 0 Å². The highest BCUT2D eigenvalue weighted by molar-refractivity contribution is 6.61. The molecule has 124 valence electrons. The number of hydrogen-bond acceptors (Lipinski definition) is 6. The van der Waals surface area contributed by atoms with E-state index in [0.29, 0.717) is 12.6 Å². The third-order valence-electron chi connectivity index (χ3n) is 4.07. The van der Waals surface area contributed by atoms with Crippen LogP contribution >= 0.6 is 0 Å². The van der Waals surface area contributed by atoms with Crippen LogP contribution in [0.1, 0.15) is 11.1 Å². The second-order valence-corrected chi connectivity index (χ2v) is 5.92. The summed E-state index contributed by atoms with van der Waals surface area (Å²) in [4.78, 5) is 8.90. The fourth-order valence-electron chi connectivity index (χ4n) is 2.72. The molecule has 0 spiro atoms. The first-order chi connectivity index (χ1) is 12.2. The lowest BCUT2D eigenvalue weighted by molar-refractivity contribution is 0.275. The van der Waals surface area contributed by atoms with Gasteiger partial charge >= 0.3 is 7.12 Å². The summed E-state index contributed by atoms with van der Waals surface area (Å²) in [5.74, 6) is 1.26. The minimum atomic E-state index is -0.832. The van der Waals surface area contributed by atoms with E-state index in [1.807, 2.05) is 55.5 Å². The predicted octanol–water partition coefficient (Wildman–Crippen LogP) is 2.49. The number of anilines is 4. The number of aryl methyl sites for hydroxylation is 1. The maximum atomic E-state index is 9.69. The van der Waals surface area contributed by atoms with Gasteiger partial charge in [-0.1, -0.05) is 24.3 Å². The summed E-state index contributed by atoms with van der Waals surface area (Å²) >= 11 is 0. The Kier molecular flexibility index (Phi) is 4.09. The van der Waals surface area contributed by atoms with E-state index in [1.165, 1.54) is 0 Å². The molecule has 1 aliphatic rings. The van der Waals surface area contributed by atoms with Crippen LogP contribution in [-0.2, 0) is 11.3 Å². The Morgan fingerprint density at radius 3 is 2.76 bits per heavy atom. The van der Waals surface area contributed by atoms with E-state index in [1.54, 1.807) is 6.20 Å². The van der Waals surface area contributed by atoms with E-state index in [0.717, 1.165) is 33.8 Å². The second kappa shape index (κ2) is 6.54. The zero-order chi connectivity index (χ0) is 17.2. The number of rotatable bonds is 4. The third kappa shape index (κ3) is 3.33. The van der Waals surface area contributed by atoms with Gasteiger partial charge in [-0.2, -0.15) is 4.98 Å². The molecule has 0 radical (unpaired) electrons. The molecule has 25 heavy (non-hydrogen) atoms. The summed E-state index contributed by atoms with van der Waals surface area (Å²) in [7, 11) is -0.832. The molecule has 7 heteroatoms. The van der Waals surface area contributed by atoms with Crippen LogP contribution < -0.4 is 16.1 Å². The fourth-order valence-corrected chi connectivity index (χ4v) is 2.72. The summed E-state index contributed by atoms with van der Waals surface area (Å²) < 4.78 is 5.22. The normalized spacial score (nSPS) is 12.8. The first kappa shape index (κ1) is 15.6. The van der Waals surface area contributed by atoms with Crippen molar-refractivity contribution >= 4 is 35.7 Å². The Balaban J connectivity index is 1.56. The second-order valence-electron chi connectivity index (χ2n) is 5.92. The van der Waals surface area contributed by atoms with Gasteiger partial charge in [0.1, 0.15) is 5.82 Å². The lowest BCUT2D eigenvalue weighted by Crippen LogP contribution is -2.27. The van der Waals surface area contributed by atoms with Gasteiger partial charge in [-0.05, 0) is 42.2 Å². The summed E-state index contributed by atoms with van der Waals surface area (Å²) in [5.41, 5.74) is 4.55. The molecule has 0 amide bonds. The Morgan fingerprint density at radius 1 is 1.08 bits per heavy atom. The van der Waals surface area contributed by atoms with Crippen LogP contribution in [0.5, 0.6) is 0 Å². The van der Waals surface area contributed by atoms with Crippen molar-refractivity contribution in [3.05, 3.63) is 65.9 Å². The maximum absolute atomic E-state index is 9.69. The topological polar surface area (TPSA) is 79.3 Å². The lowest BCUT2D eigenvalue weighted by atomic mass is 9.79. The number of para-hydroxylation sites is 1. The van der Waals surface area contributed by atoms with Crippen LogP contribution in [0.4, 0.5) is 23.1 Å². The molecular formula is C18H17BN4O2. The number of aromatic nitrogens is 2. The van der Waals surface area contributed by atoms with Crippen molar-refractivity contribution in [3.63, 3.8) is 0 Å². The monoisotopic (exact) mass is 332 g/mol. The van der Waals surface area contributed by atoms with Crippen LogP contribution in [0, 0.1) is 6.92 Å². The minimum Gasteiger partial charge on any atom is -0.423 e. The number of nitrogens with zero attached hydrogens (tertiary/aromatic N) is 2. The van der Waals surface area contributed by atoms with Crippen molar-refractivity contribution in [1.29, 1.82) is 0 Å². The standard InChI is InChI=1S/C18H17BN4O2/c1-12-10-20-18(23-17(12)21-14-5-3-2-4-6-14)22-15-7-8-16-13(9-15)11-25-19(16)24/h2-10,24H,11H2,1H3,(H2,20,21,22,23). The SMILES string of the molecule is Cc1cnc(Nc2ccc3c(c2)COB3O)nc1Nc1ccccc1. The van der Waals surface area contributed by atoms with E-state index in [-0.39, 0.29) is 0 Å². The summed E-state index contributed by atoms with van der Waals surface area (Å²) in [6.07, 6.45) is 1.78. The Morgan fingerprint density at radius 2 is 1.92 bits per heavy atom. The smallest absolute Gasteiger partial charge is 0.423 e. The van der Waals surface area contributed by atoms with Crippen LogP contribution in [0.15, 0.2) is 54.7 Å². The first-order valence-corrected chi connectivity index (χ1v) is 8.04. The number of fused-ring (bicyclic) bond motifs is 1. The molecule has 2 heterocycles. The Hall–Kier alpha value is -2.90. The zero-order valence-electron chi connectivity index (χ0n) is 13.7. The molecule has 1 aliphatic heterocycles. The predicted molar refractivity (Wildman–Crippen MR) is 98.6 cm³/mol. The number of nitrogens with one attached hydrogen (secondary N) is 2. The quantitative estimate of drug-likeness (QED) is 0.637. The van der Waals surface area contributed by atoms with Crippen molar-refractivity contribution in [3.8, 4) is 0 Å². The number of benzene rings is 2. The average molecular weight is 332 g/mol. The van der Waals surface area contributed by atoms with E-state index in [2.05, 4.69) is 20.6 Å². The van der Waals surface area contributed by atoms with E-state index in [4.69, 9.17) is 4.65 Å². The van der Waals surface area contributed by atoms with Gasteiger partial charge in [0.05, 0.1) is 6.61 Å². The maximum Gasteiger partial charge on any atom is 0.491 e. The largest absolute Gasteiger partial charge is 0.491 e. The molecule has 0 saturated carbocycles. The van der Waals surface area contributed by atoms with Gasteiger partial charge in [0.2, 0.25) is 5.95 Å². The molecule has 0 aliphatic carbocycles. The van der Waals surface area contributed by atoms with Gasteiger partial charge in [-0.15, -0.1) is 0 Å². The molecule has 0 bridgehead atoms. The third-order valence-corrected chi connectivity index (χ3v) is 4.07. The van der Waals surface area contributed by atoms with Gasteiger partial charge in [0.25, 0.3) is 0 Å². The molecular weight excluding hydrogens is 315 g/mol. The van der Waals surface area contributed by atoms with Crippen LogP contribution in [-0.4, -0.2) is 22.1 Å². The van der Waals surface area contributed by atoms with Crippen LogP contribution in [0.2, 0.25) is 0 Å². The lowest BCUT2D eigenvalue weighted by Gasteiger charge is -2.11. The molecule has 0 unspecified atom stereocenters. The van der Waals surface area contributed by atoms with Gasteiger partial charge < -0.3 is 20.3 Å². The highest BCUT2D eigenvalue weighted by Crippen LogP contribution is 2.22. The number of hydrogen-bond donors (Lipinski definition) is 3. The van der Waals surface area contributed by atoms with E-state index in [9.17, 15) is 5.02 Å². The highest BCUT2D eigenvalue weighted by atomic mass is 16.5. The van der Waals surface area contributed by atoms with Crippen LogP contribution in [0.3, 0.4) is 0 Å². The van der Waals surface area contributed by atoms with E-state index < -0.39 is 7.12 Å². The molecule has 3 N–H and O–H groups in total. The Bertz CT molecular complexity index is 905. The van der Waals surface area contributed by atoms with Crippen LogP contribution in [0.25, 0.3) is 0 Å². The molecule has 4 rings (SSSR count). The average Bonchev–Trinajstić information content (AvgIpc) is 2.99. The van der Waals surface area contributed by atoms with Crippen molar-refractivity contribution in [1.82, 2.24) is 9.97 Å². The highest BCUT2D eigenvalue weighted by Gasteiger charge is 2.27. The summed E-state index contributed by atoms with van der Waals surface area (Å²) in [6, 6.07) is 15.6. The van der Waals surface area contributed by atoms with Gasteiger partial charge in [-0.3, -0.25) is 0 Å². The summed E-state index contributed by atoms with van der Waals surface area (Å²) in [6.45, 7) is 2.37. The first-order valence-electron chi connectivity index (χ1n) is 8.04. The van der Waals surface area contributed by atoms with Gasteiger partial charge in [0, 0.05) is 23.1 Å². The molecule has 0 fully saturated rings. The van der Waals surface area contributed by atoms with Gasteiger partial charge in [0.15, 0.2) is 0 Å². The molecule has 3 aromatic rings. The zero-order valence-corrected chi connectivity index (χ0v) is 13.7. The molecule has 6 nitrogen and oxygen atoms in total. The van der Waals surface area contributed by atoms with Gasteiger partial charge in [-0.25, -0.2) is 4.98 Å². The Labute approximate surface area is 146 Å². The fraction of sp³-hybridized carbons (Fsp3) is 0.111. The minimum absolute atomic E-state index is 0.404. The van der Waals surface area contributed by atoms with Crippen molar-refractivity contribution in [2.45, 2.75) is 13.5 Å².